The molecule has 6 nitrogen and oxygen atoms in total. The number of nitrogens with zero attached hydrogens (tertiary/aromatic N) is 2. The topological polar surface area (TPSA) is 60.7 Å². The molecule has 4 heterocycles. The smallest absolute Gasteiger partial charge is 0.231 e. The molecule has 0 unspecified atom stereocenters. The van der Waals surface area contributed by atoms with E-state index in [0.717, 1.165) is 40.9 Å². The first-order valence-corrected chi connectivity index (χ1v) is 11.9. The number of fused-ring (bicyclic) bond motifs is 4. The average Bonchev–Trinajstić information content (AvgIpc) is 3.48. The standard InChI is InChI=1S/C23H26N4O2S/c1-2-9-27(10-3-1)13-20-25-22(21-16-5-4-6-19(16)30-23(21)26-20)24-12-15-7-8-17-18(11-15)29-14-28-17/h7-8,11H,1-6,9-10,12-14H2,(H,24,25,26)/p+1. The Morgan fingerprint density at radius 3 is 2.83 bits per heavy atom. The Kier molecular flexibility index (Phi) is 4.72. The zero-order chi connectivity index (χ0) is 19.9. The largest absolute Gasteiger partial charge is 0.454 e. The molecule has 2 aromatic heterocycles. The first-order valence-electron chi connectivity index (χ1n) is 11.1. The van der Waals surface area contributed by atoms with Crippen molar-refractivity contribution in [3.8, 4) is 11.5 Å². The molecule has 3 aliphatic rings. The Balaban J connectivity index is 1.31. The lowest BCUT2D eigenvalue weighted by Crippen LogP contribution is -3.11. The molecule has 0 saturated carbocycles. The molecule has 1 aliphatic carbocycles. The van der Waals surface area contributed by atoms with Crippen molar-refractivity contribution in [2.75, 3.05) is 25.2 Å². The van der Waals surface area contributed by atoms with Crippen LogP contribution in [0.15, 0.2) is 18.2 Å². The van der Waals surface area contributed by atoms with E-state index in [1.165, 1.54) is 66.6 Å². The Hall–Kier alpha value is -2.38. The van der Waals surface area contributed by atoms with Crippen LogP contribution in [0.3, 0.4) is 0 Å². The van der Waals surface area contributed by atoms with Gasteiger partial charge in [0, 0.05) is 11.4 Å². The molecule has 6 rings (SSSR count). The monoisotopic (exact) mass is 423 g/mol. The molecule has 0 spiro atoms. The molecule has 1 aromatic carbocycles. The number of nitrogens with one attached hydrogen (secondary N) is 2. The summed E-state index contributed by atoms with van der Waals surface area (Å²) in [5, 5.41) is 4.89. The highest BCUT2D eigenvalue weighted by Crippen LogP contribution is 2.40. The average molecular weight is 424 g/mol. The van der Waals surface area contributed by atoms with Gasteiger partial charge < -0.3 is 19.7 Å². The third-order valence-corrected chi connectivity index (χ3v) is 7.66. The summed E-state index contributed by atoms with van der Waals surface area (Å²) < 4.78 is 11.0. The molecule has 30 heavy (non-hydrogen) atoms. The quantitative estimate of drug-likeness (QED) is 0.660. The van der Waals surface area contributed by atoms with Crippen LogP contribution in [0.2, 0.25) is 0 Å². The van der Waals surface area contributed by atoms with Crippen LogP contribution >= 0.6 is 11.3 Å². The summed E-state index contributed by atoms with van der Waals surface area (Å²) in [7, 11) is 0. The van der Waals surface area contributed by atoms with Crippen molar-refractivity contribution >= 4 is 27.4 Å². The van der Waals surface area contributed by atoms with Crippen molar-refractivity contribution in [2.45, 2.75) is 51.6 Å². The lowest BCUT2D eigenvalue weighted by molar-refractivity contribution is -0.919. The van der Waals surface area contributed by atoms with E-state index < -0.39 is 0 Å². The lowest BCUT2D eigenvalue weighted by atomic mass is 10.1. The summed E-state index contributed by atoms with van der Waals surface area (Å²) in [6.07, 6.45) is 7.58. The predicted molar refractivity (Wildman–Crippen MR) is 118 cm³/mol. The Labute approximate surface area is 180 Å². The highest BCUT2D eigenvalue weighted by Gasteiger charge is 2.24. The van der Waals surface area contributed by atoms with Gasteiger partial charge in [-0.15, -0.1) is 11.3 Å². The Morgan fingerprint density at radius 2 is 1.90 bits per heavy atom. The number of hydrogen-bond donors (Lipinski definition) is 2. The maximum absolute atomic E-state index is 5.54. The molecular weight excluding hydrogens is 396 g/mol. The van der Waals surface area contributed by atoms with Gasteiger partial charge in [0.25, 0.3) is 0 Å². The maximum atomic E-state index is 5.54. The third-order valence-electron chi connectivity index (χ3n) is 6.48. The molecule has 0 amide bonds. The van der Waals surface area contributed by atoms with Gasteiger partial charge >= 0.3 is 0 Å². The van der Waals surface area contributed by atoms with E-state index in [1.54, 1.807) is 4.90 Å². The van der Waals surface area contributed by atoms with Gasteiger partial charge in [-0.2, -0.15) is 0 Å². The van der Waals surface area contributed by atoms with E-state index in [1.807, 2.05) is 17.4 Å². The molecule has 2 N–H and O–H groups in total. The second kappa shape index (κ2) is 7.71. The van der Waals surface area contributed by atoms with Gasteiger partial charge in [0.15, 0.2) is 17.3 Å². The number of thiophene rings is 1. The van der Waals surface area contributed by atoms with E-state index in [0.29, 0.717) is 13.3 Å². The molecule has 1 fully saturated rings. The lowest BCUT2D eigenvalue weighted by Gasteiger charge is -2.23. The van der Waals surface area contributed by atoms with Crippen LogP contribution in [0.4, 0.5) is 5.82 Å². The minimum atomic E-state index is 0.308. The highest BCUT2D eigenvalue weighted by molar-refractivity contribution is 7.19. The number of aryl methyl sites for hydroxylation is 2. The van der Waals surface area contributed by atoms with Crippen molar-refractivity contribution in [3.63, 3.8) is 0 Å². The number of benzene rings is 1. The zero-order valence-electron chi connectivity index (χ0n) is 17.1. The van der Waals surface area contributed by atoms with E-state index in [4.69, 9.17) is 19.4 Å². The first kappa shape index (κ1) is 18.4. The number of piperidine rings is 1. The van der Waals surface area contributed by atoms with Crippen molar-refractivity contribution in [3.05, 3.63) is 40.0 Å². The van der Waals surface area contributed by atoms with Crippen LogP contribution in [0, 0.1) is 0 Å². The minimum Gasteiger partial charge on any atom is -0.454 e. The second-order valence-electron chi connectivity index (χ2n) is 8.55. The number of quaternary nitrogens is 1. The maximum Gasteiger partial charge on any atom is 0.231 e. The van der Waals surface area contributed by atoms with Crippen LogP contribution in [-0.4, -0.2) is 29.9 Å². The summed E-state index contributed by atoms with van der Waals surface area (Å²) in [4.78, 5) is 14.3. The summed E-state index contributed by atoms with van der Waals surface area (Å²) >= 11 is 1.88. The number of aromatic nitrogens is 2. The number of ether oxygens (including phenoxy) is 2. The van der Waals surface area contributed by atoms with Crippen LogP contribution < -0.4 is 19.7 Å². The van der Waals surface area contributed by atoms with Gasteiger partial charge in [0.1, 0.15) is 17.2 Å². The van der Waals surface area contributed by atoms with Gasteiger partial charge in [-0.3, -0.25) is 0 Å². The van der Waals surface area contributed by atoms with Crippen LogP contribution in [0.25, 0.3) is 10.2 Å². The third kappa shape index (κ3) is 3.40. The van der Waals surface area contributed by atoms with Gasteiger partial charge in [-0.05, 0) is 61.8 Å². The van der Waals surface area contributed by atoms with Crippen LogP contribution in [-0.2, 0) is 25.9 Å². The zero-order valence-corrected chi connectivity index (χ0v) is 17.9. The van der Waals surface area contributed by atoms with Crippen LogP contribution in [0.1, 0.15) is 47.5 Å². The van der Waals surface area contributed by atoms with Crippen molar-refractivity contribution in [2.24, 2.45) is 0 Å². The normalized spacial score (nSPS) is 18.1. The fraction of sp³-hybridized carbons (Fsp3) is 0.478. The number of anilines is 1. The fourth-order valence-corrected chi connectivity index (χ4v) is 6.22. The summed E-state index contributed by atoms with van der Waals surface area (Å²) in [5.41, 5.74) is 2.64. The Bertz CT molecular complexity index is 1090. The molecule has 0 atom stereocenters. The van der Waals surface area contributed by atoms with Gasteiger partial charge in [0.05, 0.1) is 18.5 Å². The summed E-state index contributed by atoms with van der Waals surface area (Å²) in [5.74, 6) is 3.63. The van der Waals surface area contributed by atoms with Gasteiger partial charge in [-0.1, -0.05) is 6.07 Å². The predicted octanol–water partition coefficient (Wildman–Crippen LogP) is 3.09. The number of hydrogen-bond acceptors (Lipinski definition) is 6. The summed E-state index contributed by atoms with van der Waals surface area (Å²) in [6.45, 7) is 4.42. The first-order chi connectivity index (χ1) is 14.8. The Morgan fingerprint density at radius 1 is 1.00 bits per heavy atom. The molecule has 3 aromatic rings. The van der Waals surface area contributed by atoms with Gasteiger partial charge in [-0.25, -0.2) is 9.97 Å². The molecule has 0 bridgehead atoms. The van der Waals surface area contributed by atoms with E-state index >= 15 is 0 Å². The molecule has 1 saturated heterocycles. The minimum absolute atomic E-state index is 0.308. The second-order valence-corrected chi connectivity index (χ2v) is 9.64. The van der Waals surface area contributed by atoms with Gasteiger partial charge in [0.2, 0.25) is 6.79 Å². The summed E-state index contributed by atoms with van der Waals surface area (Å²) in [6, 6.07) is 6.14. The SMILES string of the molecule is c1cc2c(cc1CNc1nc(C[NH+]3CCCCC3)nc3sc4c(c13)CCC4)OCO2. The van der Waals surface area contributed by atoms with Crippen LogP contribution in [0.5, 0.6) is 11.5 Å². The molecule has 156 valence electrons. The van der Waals surface area contributed by atoms with E-state index in [-0.39, 0.29) is 0 Å². The van der Waals surface area contributed by atoms with Crippen molar-refractivity contribution in [1.29, 1.82) is 0 Å². The van der Waals surface area contributed by atoms with E-state index in [2.05, 4.69) is 17.4 Å². The molecule has 2 aliphatic heterocycles. The van der Waals surface area contributed by atoms with Crippen molar-refractivity contribution in [1.82, 2.24) is 9.97 Å². The number of likely N-dealkylation sites (tertiary alicyclic amines) is 1. The highest BCUT2D eigenvalue weighted by atomic mass is 32.1. The molecular formula is C23H27N4O2S+. The fourth-order valence-electron chi connectivity index (χ4n) is 4.94. The number of rotatable bonds is 5. The van der Waals surface area contributed by atoms with Crippen molar-refractivity contribution < 1.29 is 14.4 Å². The molecule has 7 heteroatoms. The molecule has 0 radical (unpaired) electrons. The van der Waals surface area contributed by atoms with E-state index in [9.17, 15) is 0 Å².